The van der Waals surface area contributed by atoms with Gasteiger partial charge in [-0.05, 0) is 49.6 Å². The first-order valence-electron chi connectivity index (χ1n) is 7.97. The fourth-order valence-corrected chi connectivity index (χ4v) is 3.97. The Morgan fingerprint density at radius 2 is 1.88 bits per heavy atom. The molecule has 2 aromatic carbocycles. The van der Waals surface area contributed by atoms with Gasteiger partial charge in [0.05, 0.1) is 10.8 Å². The molecule has 132 valence electrons. The average molecular weight is 378 g/mol. The zero-order chi connectivity index (χ0) is 18.0. The number of amides is 1. The molecule has 1 aliphatic rings. The van der Waals surface area contributed by atoms with Crippen LogP contribution in [0.15, 0.2) is 24.3 Å². The maximum Gasteiger partial charge on any atom is 0.234 e. The topological polar surface area (TPSA) is 47.6 Å². The van der Waals surface area contributed by atoms with E-state index in [4.69, 9.17) is 21.1 Å². The number of aryl methyl sites for hydroxylation is 3. The average Bonchev–Trinajstić information content (AvgIpc) is 3.00. The molecule has 0 saturated carbocycles. The Bertz CT molecular complexity index is 800. The van der Waals surface area contributed by atoms with E-state index in [0.29, 0.717) is 28.0 Å². The van der Waals surface area contributed by atoms with Crippen LogP contribution >= 0.6 is 23.4 Å². The highest BCUT2D eigenvalue weighted by atomic mass is 35.5. The van der Waals surface area contributed by atoms with Crippen molar-refractivity contribution in [2.24, 2.45) is 0 Å². The molecule has 0 unspecified atom stereocenters. The highest BCUT2D eigenvalue weighted by molar-refractivity contribution is 7.99. The van der Waals surface area contributed by atoms with Crippen molar-refractivity contribution in [3.05, 3.63) is 51.5 Å². The van der Waals surface area contributed by atoms with Crippen molar-refractivity contribution in [2.75, 3.05) is 17.9 Å². The predicted molar refractivity (Wildman–Crippen MR) is 103 cm³/mol. The van der Waals surface area contributed by atoms with E-state index in [-0.39, 0.29) is 12.7 Å². The molecule has 0 radical (unpaired) electrons. The van der Waals surface area contributed by atoms with Crippen LogP contribution in [0.1, 0.15) is 22.3 Å². The third kappa shape index (κ3) is 4.22. The van der Waals surface area contributed by atoms with E-state index in [9.17, 15) is 4.79 Å². The first kappa shape index (κ1) is 18.0. The molecule has 25 heavy (non-hydrogen) atoms. The summed E-state index contributed by atoms with van der Waals surface area (Å²) >= 11 is 7.71. The lowest BCUT2D eigenvalue weighted by molar-refractivity contribution is -0.113. The van der Waals surface area contributed by atoms with Crippen molar-refractivity contribution in [2.45, 2.75) is 26.5 Å². The van der Waals surface area contributed by atoms with Crippen LogP contribution < -0.4 is 14.8 Å². The molecule has 3 rings (SSSR count). The van der Waals surface area contributed by atoms with Gasteiger partial charge in [-0.1, -0.05) is 29.3 Å². The lowest BCUT2D eigenvalue weighted by Gasteiger charge is -2.13. The van der Waals surface area contributed by atoms with E-state index in [1.165, 1.54) is 17.3 Å². The summed E-state index contributed by atoms with van der Waals surface area (Å²) in [6, 6.07) is 7.91. The van der Waals surface area contributed by atoms with Crippen LogP contribution in [-0.2, 0) is 10.5 Å². The summed E-state index contributed by atoms with van der Waals surface area (Å²) in [6.07, 6.45) is 0. The van der Waals surface area contributed by atoms with Gasteiger partial charge in [0.1, 0.15) is 0 Å². The molecule has 4 nitrogen and oxygen atoms in total. The second kappa shape index (κ2) is 7.58. The van der Waals surface area contributed by atoms with Crippen LogP contribution in [-0.4, -0.2) is 18.5 Å². The minimum atomic E-state index is -0.00751. The van der Waals surface area contributed by atoms with Crippen molar-refractivity contribution in [3.8, 4) is 11.5 Å². The van der Waals surface area contributed by atoms with E-state index in [1.807, 2.05) is 26.0 Å². The molecule has 0 atom stereocenters. The summed E-state index contributed by atoms with van der Waals surface area (Å²) in [5, 5.41) is 3.56. The molecule has 0 spiro atoms. The highest BCUT2D eigenvalue weighted by Gasteiger charge is 2.18. The van der Waals surface area contributed by atoms with Gasteiger partial charge in [0, 0.05) is 11.4 Å². The molecular weight excluding hydrogens is 358 g/mol. The summed E-state index contributed by atoms with van der Waals surface area (Å²) in [7, 11) is 0. The lowest BCUT2D eigenvalue weighted by atomic mass is 10.1. The number of benzene rings is 2. The molecule has 1 aliphatic heterocycles. The second-order valence-electron chi connectivity index (χ2n) is 6.13. The van der Waals surface area contributed by atoms with Crippen molar-refractivity contribution < 1.29 is 14.3 Å². The number of nitrogens with one attached hydrogen (secondary N) is 1. The summed E-state index contributed by atoms with van der Waals surface area (Å²) in [5.41, 5.74) is 5.27. The molecule has 0 saturated heterocycles. The molecular formula is C19H20ClNO3S. The van der Waals surface area contributed by atoms with Gasteiger partial charge in [-0.2, -0.15) is 0 Å². The number of halogens is 1. The van der Waals surface area contributed by atoms with E-state index in [0.717, 1.165) is 22.4 Å². The van der Waals surface area contributed by atoms with Gasteiger partial charge in [-0.3, -0.25) is 4.79 Å². The zero-order valence-electron chi connectivity index (χ0n) is 14.4. The number of anilines is 1. The van der Waals surface area contributed by atoms with Gasteiger partial charge in [0.15, 0.2) is 11.5 Å². The standard InChI is InChI=1S/C19H20ClNO3S/c1-11-4-12(2)18(13(3)5-11)21-17(22)9-25-8-14-6-15(20)19-16(7-14)23-10-24-19/h4-7H,8-10H2,1-3H3,(H,21,22). The number of ether oxygens (including phenoxy) is 2. The normalized spacial score (nSPS) is 12.3. The molecule has 1 amide bonds. The Morgan fingerprint density at radius 3 is 2.60 bits per heavy atom. The Hall–Kier alpha value is -1.85. The monoisotopic (exact) mass is 377 g/mol. The number of carbonyl (C=O) groups is 1. The molecule has 1 N–H and O–H groups in total. The van der Waals surface area contributed by atoms with Gasteiger partial charge in [0.25, 0.3) is 0 Å². The van der Waals surface area contributed by atoms with E-state index >= 15 is 0 Å². The minimum Gasteiger partial charge on any atom is -0.454 e. The number of rotatable bonds is 5. The highest BCUT2D eigenvalue weighted by Crippen LogP contribution is 2.40. The third-order valence-corrected chi connectivity index (χ3v) is 5.21. The SMILES string of the molecule is Cc1cc(C)c(NC(=O)CSCc2cc(Cl)c3c(c2)OCO3)c(C)c1. The molecule has 0 fully saturated rings. The first-order chi connectivity index (χ1) is 11.9. The van der Waals surface area contributed by atoms with Crippen molar-refractivity contribution in [1.29, 1.82) is 0 Å². The van der Waals surface area contributed by atoms with Gasteiger partial charge in [0.2, 0.25) is 12.7 Å². The van der Waals surface area contributed by atoms with Crippen LogP contribution in [0.4, 0.5) is 5.69 Å². The largest absolute Gasteiger partial charge is 0.454 e. The van der Waals surface area contributed by atoms with Crippen LogP contribution in [0.2, 0.25) is 5.02 Å². The quantitative estimate of drug-likeness (QED) is 0.807. The summed E-state index contributed by atoms with van der Waals surface area (Å²) in [5.74, 6) is 2.30. The molecule has 2 aromatic rings. The summed E-state index contributed by atoms with van der Waals surface area (Å²) < 4.78 is 10.7. The van der Waals surface area contributed by atoms with Crippen molar-refractivity contribution in [3.63, 3.8) is 0 Å². The van der Waals surface area contributed by atoms with Gasteiger partial charge < -0.3 is 14.8 Å². The van der Waals surface area contributed by atoms with Gasteiger partial charge in [-0.15, -0.1) is 11.8 Å². The maximum atomic E-state index is 12.2. The predicted octanol–water partition coefficient (Wildman–Crippen LogP) is 4.87. The summed E-state index contributed by atoms with van der Waals surface area (Å²) in [4.78, 5) is 12.2. The van der Waals surface area contributed by atoms with Gasteiger partial charge in [-0.25, -0.2) is 0 Å². The number of thioether (sulfide) groups is 1. The number of fused-ring (bicyclic) bond motifs is 1. The van der Waals surface area contributed by atoms with Crippen LogP contribution in [0.25, 0.3) is 0 Å². The molecule has 0 aliphatic carbocycles. The first-order valence-corrected chi connectivity index (χ1v) is 9.51. The van der Waals surface area contributed by atoms with Crippen molar-refractivity contribution in [1.82, 2.24) is 0 Å². The Labute approximate surface area is 156 Å². The fraction of sp³-hybridized carbons (Fsp3) is 0.316. The number of hydrogen-bond donors (Lipinski definition) is 1. The molecule has 0 aromatic heterocycles. The minimum absolute atomic E-state index is 0.00751. The van der Waals surface area contributed by atoms with Crippen LogP contribution in [0.5, 0.6) is 11.5 Å². The van der Waals surface area contributed by atoms with E-state index in [2.05, 4.69) is 24.4 Å². The second-order valence-corrected chi connectivity index (χ2v) is 7.52. The smallest absolute Gasteiger partial charge is 0.234 e. The fourth-order valence-electron chi connectivity index (χ4n) is 2.92. The summed E-state index contributed by atoms with van der Waals surface area (Å²) in [6.45, 7) is 6.27. The molecule has 1 heterocycles. The van der Waals surface area contributed by atoms with Gasteiger partial charge >= 0.3 is 0 Å². The third-order valence-electron chi connectivity index (χ3n) is 3.93. The Balaban J connectivity index is 1.56. The van der Waals surface area contributed by atoms with Crippen molar-refractivity contribution >= 4 is 35.0 Å². The lowest BCUT2D eigenvalue weighted by Crippen LogP contribution is -2.16. The zero-order valence-corrected chi connectivity index (χ0v) is 16.0. The molecule has 6 heteroatoms. The molecule has 0 bridgehead atoms. The number of carbonyl (C=O) groups excluding carboxylic acids is 1. The van der Waals surface area contributed by atoms with Crippen LogP contribution in [0, 0.1) is 20.8 Å². The Kier molecular flexibility index (Phi) is 5.45. The maximum absolute atomic E-state index is 12.2. The Morgan fingerprint density at radius 1 is 1.16 bits per heavy atom. The van der Waals surface area contributed by atoms with E-state index in [1.54, 1.807) is 0 Å². The number of hydrogen-bond acceptors (Lipinski definition) is 4. The van der Waals surface area contributed by atoms with E-state index < -0.39 is 0 Å². The van der Waals surface area contributed by atoms with Crippen LogP contribution in [0.3, 0.4) is 0 Å².